The van der Waals surface area contributed by atoms with Crippen LogP contribution in [0.15, 0.2) is 30.3 Å². The van der Waals surface area contributed by atoms with E-state index in [0.29, 0.717) is 0 Å². The molecule has 0 saturated heterocycles. The van der Waals surface area contributed by atoms with E-state index < -0.39 is 11.6 Å². The minimum Gasteiger partial charge on any atom is -0.434 e. The Labute approximate surface area is 89.7 Å². The molecule has 2 rings (SSSR count). The molecule has 1 heterocycles. The van der Waals surface area contributed by atoms with Crippen LogP contribution in [0.2, 0.25) is 0 Å². The maximum absolute atomic E-state index is 13.2. The Balaban J connectivity index is 2.27. The van der Waals surface area contributed by atoms with Crippen molar-refractivity contribution in [2.45, 2.75) is 0 Å². The lowest BCUT2D eigenvalue weighted by Crippen LogP contribution is -1.96. The number of hydrogen-bond acceptors (Lipinski definition) is 4. The third kappa shape index (κ3) is 2.05. The van der Waals surface area contributed by atoms with E-state index >= 15 is 0 Å². The number of ether oxygens (including phenoxy) is 1. The number of nitrogens with zero attached hydrogens (tertiary/aromatic N) is 2. The van der Waals surface area contributed by atoms with Crippen LogP contribution >= 0.6 is 0 Å². The van der Waals surface area contributed by atoms with Crippen LogP contribution in [0.4, 0.5) is 14.6 Å². The lowest BCUT2D eigenvalue weighted by Gasteiger charge is -2.05. The SMILES string of the molecule is Nc1ccc(Oc2cccc(F)c2F)nn1. The van der Waals surface area contributed by atoms with E-state index in [1.165, 1.54) is 24.3 Å². The average Bonchev–Trinajstić information content (AvgIpc) is 2.28. The molecule has 1 aromatic heterocycles. The molecular weight excluding hydrogens is 216 g/mol. The lowest BCUT2D eigenvalue weighted by molar-refractivity contribution is 0.402. The summed E-state index contributed by atoms with van der Waals surface area (Å²) in [6, 6.07) is 6.47. The van der Waals surface area contributed by atoms with Gasteiger partial charge >= 0.3 is 0 Å². The first kappa shape index (κ1) is 10.3. The van der Waals surface area contributed by atoms with Crippen LogP contribution in [0.3, 0.4) is 0 Å². The van der Waals surface area contributed by atoms with Crippen molar-refractivity contribution in [3.05, 3.63) is 42.0 Å². The molecule has 0 aliphatic carbocycles. The van der Waals surface area contributed by atoms with Crippen molar-refractivity contribution in [2.24, 2.45) is 0 Å². The molecule has 0 aliphatic rings. The van der Waals surface area contributed by atoms with Crippen molar-refractivity contribution in [3.63, 3.8) is 0 Å². The lowest BCUT2D eigenvalue weighted by atomic mass is 10.3. The standard InChI is InChI=1S/C10H7F2N3O/c11-6-2-1-3-7(10(6)12)16-9-5-4-8(13)14-15-9/h1-5H,(H2,13,14). The smallest absolute Gasteiger partial charge is 0.239 e. The zero-order chi connectivity index (χ0) is 11.5. The van der Waals surface area contributed by atoms with Crippen LogP contribution in [0.5, 0.6) is 11.6 Å². The van der Waals surface area contributed by atoms with Crippen molar-refractivity contribution in [2.75, 3.05) is 5.73 Å². The van der Waals surface area contributed by atoms with E-state index in [2.05, 4.69) is 10.2 Å². The number of anilines is 1. The van der Waals surface area contributed by atoms with Gasteiger partial charge in [-0.1, -0.05) is 6.07 Å². The number of hydrogen-bond donors (Lipinski definition) is 1. The predicted octanol–water partition coefficient (Wildman–Crippen LogP) is 2.13. The Hall–Kier alpha value is -2.24. The number of aromatic nitrogens is 2. The van der Waals surface area contributed by atoms with Gasteiger partial charge in [0.25, 0.3) is 0 Å². The largest absolute Gasteiger partial charge is 0.434 e. The van der Waals surface area contributed by atoms with E-state index in [1.54, 1.807) is 0 Å². The molecule has 0 unspecified atom stereocenters. The number of nitrogens with two attached hydrogens (primary N) is 1. The van der Waals surface area contributed by atoms with Gasteiger partial charge < -0.3 is 10.5 Å². The number of nitrogen functional groups attached to an aromatic ring is 1. The second-order valence-corrected chi connectivity index (χ2v) is 2.95. The molecule has 4 nitrogen and oxygen atoms in total. The highest BCUT2D eigenvalue weighted by Crippen LogP contribution is 2.24. The van der Waals surface area contributed by atoms with Crippen LogP contribution in [-0.4, -0.2) is 10.2 Å². The fourth-order valence-corrected chi connectivity index (χ4v) is 1.06. The topological polar surface area (TPSA) is 61.0 Å². The highest BCUT2D eigenvalue weighted by atomic mass is 19.2. The average molecular weight is 223 g/mol. The van der Waals surface area contributed by atoms with Gasteiger partial charge in [0.2, 0.25) is 11.7 Å². The molecule has 2 N–H and O–H groups in total. The summed E-state index contributed by atoms with van der Waals surface area (Å²) in [5, 5.41) is 7.07. The third-order valence-corrected chi connectivity index (χ3v) is 1.79. The molecule has 6 heteroatoms. The molecule has 0 fully saturated rings. The molecule has 0 bridgehead atoms. The first-order valence-corrected chi connectivity index (χ1v) is 4.38. The molecule has 0 saturated carbocycles. The van der Waals surface area contributed by atoms with Gasteiger partial charge in [-0.15, -0.1) is 10.2 Å². The monoisotopic (exact) mass is 223 g/mol. The minimum absolute atomic E-state index is 0.0405. The zero-order valence-electron chi connectivity index (χ0n) is 8.02. The van der Waals surface area contributed by atoms with E-state index in [9.17, 15) is 8.78 Å². The summed E-state index contributed by atoms with van der Waals surface area (Å²) in [5.74, 6) is -2.05. The first-order valence-electron chi connectivity index (χ1n) is 4.38. The van der Waals surface area contributed by atoms with E-state index in [0.717, 1.165) is 6.07 Å². The van der Waals surface area contributed by atoms with E-state index in [-0.39, 0.29) is 17.4 Å². The zero-order valence-corrected chi connectivity index (χ0v) is 8.02. The Morgan fingerprint density at radius 3 is 2.56 bits per heavy atom. The van der Waals surface area contributed by atoms with Crippen LogP contribution < -0.4 is 10.5 Å². The summed E-state index contributed by atoms with van der Waals surface area (Å²) >= 11 is 0. The van der Waals surface area contributed by atoms with Gasteiger partial charge in [-0.25, -0.2) is 4.39 Å². The number of benzene rings is 1. The summed E-state index contributed by atoms with van der Waals surface area (Å²) in [5.41, 5.74) is 5.31. The molecular formula is C10H7F2N3O. The van der Waals surface area contributed by atoms with Gasteiger partial charge in [0, 0.05) is 6.07 Å². The van der Waals surface area contributed by atoms with Gasteiger partial charge in [-0.05, 0) is 18.2 Å². The van der Waals surface area contributed by atoms with E-state index in [1.807, 2.05) is 0 Å². The summed E-state index contributed by atoms with van der Waals surface area (Å²) in [6.45, 7) is 0. The normalized spacial score (nSPS) is 10.1. The summed E-state index contributed by atoms with van der Waals surface area (Å²) < 4.78 is 31.0. The highest BCUT2D eigenvalue weighted by molar-refractivity contribution is 5.32. The number of rotatable bonds is 2. The quantitative estimate of drug-likeness (QED) is 0.847. The van der Waals surface area contributed by atoms with E-state index in [4.69, 9.17) is 10.5 Å². The second-order valence-electron chi connectivity index (χ2n) is 2.95. The highest BCUT2D eigenvalue weighted by Gasteiger charge is 2.10. The van der Waals surface area contributed by atoms with Gasteiger partial charge in [-0.3, -0.25) is 0 Å². The van der Waals surface area contributed by atoms with Crippen molar-refractivity contribution in [3.8, 4) is 11.6 Å². The molecule has 0 atom stereocenters. The molecule has 0 radical (unpaired) electrons. The van der Waals surface area contributed by atoms with Crippen molar-refractivity contribution < 1.29 is 13.5 Å². The van der Waals surface area contributed by atoms with Crippen molar-refractivity contribution in [1.29, 1.82) is 0 Å². The fourth-order valence-electron chi connectivity index (χ4n) is 1.06. The second kappa shape index (κ2) is 4.09. The fraction of sp³-hybridized carbons (Fsp3) is 0. The Kier molecular flexibility index (Phi) is 2.63. The minimum atomic E-state index is -1.07. The van der Waals surface area contributed by atoms with Gasteiger partial charge in [-0.2, -0.15) is 4.39 Å². The Bertz CT molecular complexity index is 502. The molecule has 82 valence electrons. The maximum Gasteiger partial charge on any atom is 0.239 e. The van der Waals surface area contributed by atoms with Crippen LogP contribution in [-0.2, 0) is 0 Å². The molecule has 2 aromatic rings. The molecule has 0 aliphatic heterocycles. The first-order chi connectivity index (χ1) is 7.66. The molecule has 0 amide bonds. The van der Waals surface area contributed by atoms with Gasteiger partial charge in [0.15, 0.2) is 11.6 Å². The number of halogens is 2. The molecule has 0 spiro atoms. The Morgan fingerprint density at radius 1 is 1.06 bits per heavy atom. The van der Waals surface area contributed by atoms with Crippen molar-refractivity contribution >= 4 is 5.82 Å². The summed E-state index contributed by atoms with van der Waals surface area (Å²) in [6.07, 6.45) is 0. The van der Waals surface area contributed by atoms with Gasteiger partial charge in [0.05, 0.1) is 0 Å². The molecule has 1 aromatic carbocycles. The predicted molar refractivity (Wildman–Crippen MR) is 52.9 cm³/mol. The summed E-state index contributed by atoms with van der Waals surface area (Å²) in [7, 11) is 0. The van der Waals surface area contributed by atoms with Crippen LogP contribution in [0.25, 0.3) is 0 Å². The van der Waals surface area contributed by atoms with Crippen LogP contribution in [0, 0.1) is 11.6 Å². The third-order valence-electron chi connectivity index (χ3n) is 1.79. The maximum atomic E-state index is 13.2. The summed E-state index contributed by atoms with van der Waals surface area (Å²) in [4.78, 5) is 0. The van der Waals surface area contributed by atoms with Crippen molar-refractivity contribution in [1.82, 2.24) is 10.2 Å². The Morgan fingerprint density at radius 2 is 1.88 bits per heavy atom. The molecule has 16 heavy (non-hydrogen) atoms. The van der Waals surface area contributed by atoms with Gasteiger partial charge in [0.1, 0.15) is 5.82 Å². The van der Waals surface area contributed by atoms with Crippen LogP contribution in [0.1, 0.15) is 0 Å².